The maximum atomic E-state index is 12.7. The Balaban J connectivity index is 1.36. The monoisotopic (exact) mass is 420 g/mol. The molecule has 0 saturated carbocycles. The molecule has 10 heteroatoms. The SMILES string of the molecule is C[C@@H](Oc1ccc(Cl)cc1Cl)C(=O)N1CCN(c2ccc3nncn3n2)CC1. The van der Waals surface area contributed by atoms with Gasteiger partial charge in [-0.1, -0.05) is 23.2 Å². The van der Waals surface area contributed by atoms with Crippen molar-refractivity contribution in [3.63, 3.8) is 0 Å². The van der Waals surface area contributed by atoms with Crippen LogP contribution in [0.25, 0.3) is 5.65 Å². The molecule has 1 amide bonds. The highest BCUT2D eigenvalue weighted by Gasteiger charge is 2.27. The molecule has 1 atom stereocenters. The lowest BCUT2D eigenvalue weighted by Gasteiger charge is -2.36. The molecule has 1 saturated heterocycles. The van der Waals surface area contributed by atoms with E-state index in [1.54, 1.807) is 40.9 Å². The van der Waals surface area contributed by atoms with Crippen molar-refractivity contribution in [3.8, 4) is 5.75 Å². The van der Waals surface area contributed by atoms with Crippen molar-refractivity contribution in [1.29, 1.82) is 0 Å². The van der Waals surface area contributed by atoms with Crippen molar-refractivity contribution < 1.29 is 9.53 Å². The van der Waals surface area contributed by atoms with Gasteiger partial charge in [-0.3, -0.25) is 4.79 Å². The number of rotatable bonds is 4. The van der Waals surface area contributed by atoms with Gasteiger partial charge in [0, 0.05) is 31.2 Å². The molecular formula is C18H18Cl2N6O2. The molecule has 0 spiro atoms. The highest BCUT2D eigenvalue weighted by atomic mass is 35.5. The Morgan fingerprint density at radius 1 is 1.14 bits per heavy atom. The minimum atomic E-state index is -0.642. The second kappa shape index (κ2) is 7.81. The molecule has 3 aromatic rings. The van der Waals surface area contributed by atoms with Crippen molar-refractivity contribution in [2.75, 3.05) is 31.1 Å². The Morgan fingerprint density at radius 2 is 1.93 bits per heavy atom. The predicted octanol–water partition coefficient (Wildman–Crippen LogP) is 2.55. The first kappa shape index (κ1) is 18.8. The third-order valence-corrected chi connectivity index (χ3v) is 5.14. The molecule has 3 heterocycles. The zero-order valence-electron chi connectivity index (χ0n) is 15.1. The summed E-state index contributed by atoms with van der Waals surface area (Å²) in [5.74, 6) is 1.20. The van der Waals surface area contributed by atoms with Gasteiger partial charge < -0.3 is 14.5 Å². The van der Waals surface area contributed by atoms with Crippen LogP contribution in [0.4, 0.5) is 5.82 Å². The third kappa shape index (κ3) is 3.83. The number of hydrogen-bond donors (Lipinski definition) is 0. The Bertz CT molecular complexity index is 1000. The molecule has 1 aliphatic heterocycles. The smallest absolute Gasteiger partial charge is 0.263 e. The van der Waals surface area contributed by atoms with E-state index >= 15 is 0 Å². The maximum absolute atomic E-state index is 12.7. The number of amides is 1. The van der Waals surface area contributed by atoms with Crippen LogP contribution in [-0.4, -0.2) is 62.9 Å². The number of carbonyl (C=O) groups excluding carboxylic acids is 1. The summed E-state index contributed by atoms with van der Waals surface area (Å²) in [5, 5.41) is 13.2. The van der Waals surface area contributed by atoms with Crippen LogP contribution in [0.5, 0.6) is 5.75 Å². The second-order valence-corrected chi connectivity index (χ2v) is 7.32. The fraction of sp³-hybridized carbons (Fsp3) is 0.333. The molecule has 0 unspecified atom stereocenters. The largest absolute Gasteiger partial charge is 0.479 e. The Hall–Kier alpha value is -2.58. The van der Waals surface area contributed by atoms with Crippen LogP contribution in [0.15, 0.2) is 36.7 Å². The first-order valence-corrected chi connectivity index (χ1v) is 9.59. The van der Waals surface area contributed by atoms with Crippen molar-refractivity contribution in [3.05, 3.63) is 46.7 Å². The van der Waals surface area contributed by atoms with E-state index < -0.39 is 6.10 Å². The van der Waals surface area contributed by atoms with Gasteiger partial charge in [0.05, 0.1) is 5.02 Å². The van der Waals surface area contributed by atoms with Crippen molar-refractivity contribution in [1.82, 2.24) is 24.7 Å². The van der Waals surface area contributed by atoms with Gasteiger partial charge in [0.1, 0.15) is 17.9 Å². The maximum Gasteiger partial charge on any atom is 0.263 e. The molecule has 28 heavy (non-hydrogen) atoms. The van der Waals surface area contributed by atoms with Gasteiger partial charge in [-0.05, 0) is 37.3 Å². The predicted molar refractivity (Wildman–Crippen MR) is 106 cm³/mol. The fourth-order valence-electron chi connectivity index (χ4n) is 3.11. The molecule has 8 nitrogen and oxygen atoms in total. The molecule has 1 fully saturated rings. The zero-order chi connectivity index (χ0) is 19.7. The van der Waals surface area contributed by atoms with E-state index in [4.69, 9.17) is 27.9 Å². The fourth-order valence-corrected chi connectivity index (χ4v) is 3.56. The van der Waals surface area contributed by atoms with Crippen LogP contribution in [0.2, 0.25) is 10.0 Å². The number of hydrogen-bond acceptors (Lipinski definition) is 6. The number of halogens is 2. The van der Waals surface area contributed by atoms with E-state index in [1.165, 1.54) is 0 Å². The van der Waals surface area contributed by atoms with Gasteiger partial charge in [0.2, 0.25) is 0 Å². The van der Waals surface area contributed by atoms with Gasteiger partial charge in [-0.2, -0.15) is 4.52 Å². The van der Waals surface area contributed by atoms with Gasteiger partial charge >= 0.3 is 0 Å². The van der Waals surface area contributed by atoms with Crippen LogP contribution >= 0.6 is 23.2 Å². The van der Waals surface area contributed by atoms with Crippen molar-refractivity contribution in [2.24, 2.45) is 0 Å². The lowest BCUT2D eigenvalue weighted by Crippen LogP contribution is -2.52. The molecule has 146 valence electrons. The number of piperazine rings is 1. The summed E-state index contributed by atoms with van der Waals surface area (Å²) < 4.78 is 7.38. The molecule has 1 aliphatic rings. The Kier molecular flexibility index (Phi) is 5.23. The third-order valence-electron chi connectivity index (χ3n) is 4.61. The number of anilines is 1. The molecule has 0 aliphatic carbocycles. The molecule has 1 aromatic carbocycles. The average molecular weight is 421 g/mol. The van der Waals surface area contributed by atoms with E-state index in [1.807, 2.05) is 12.1 Å². The van der Waals surface area contributed by atoms with Gasteiger partial charge in [-0.25, -0.2) is 0 Å². The summed E-state index contributed by atoms with van der Waals surface area (Å²) in [6, 6.07) is 8.72. The van der Waals surface area contributed by atoms with E-state index in [9.17, 15) is 4.79 Å². The first-order chi connectivity index (χ1) is 13.5. The second-order valence-electron chi connectivity index (χ2n) is 6.47. The average Bonchev–Trinajstić information content (AvgIpc) is 3.17. The number of aromatic nitrogens is 4. The molecule has 0 radical (unpaired) electrons. The first-order valence-electron chi connectivity index (χ1n) is 8.84. The van der Waals surface area contributed by atoms with E-state index in [-0.39, 0.29) is 5.91 Å². The standard InChI is InChI=1S/C18H18Cl2N6O2/c1-12(28-15-3-2-13(19)10-14(15)20)18(27)25-8-6-24(7-9-25)17-5-4-16-22-21-11-26(16)23-17/h2-5,10-12H,6-9H2,1H3/t12-/m1/s1. The van der Waals surface area contributed by atoms with Crippen LogP contribution in [-0.2, 0) is 4.79 Å². The summed E-state index contributed by atoms with van der Waals surface area (Å²) in [5.41, 5.74) is 0.699. The Labute approximate surface area is 171 Å². The number of carbonyl (C=O) groups is 1. The lowest BCUT2D eigenvalue weighted by molar-refractivity contribution is -0.138. The molecule has 2 aromatic heterocycles. The number of nitrogens with zero attached hydrogens (tertiary/aromatic N) is 6. The van der Waals surface area contributed by atoms with Crippen molar-refractivity contribution in [2.45, 2.75) is 13.0 Å². The minimum absolute atomic E-state index is 0.0760. The van der Waals surface area contributed by atoms with Gasteiger partial charge in [-0.15, -0.1) is 15.3 Å². The van der Waals surface area contributed by atoms with Crippen LogP contribution in [0.3, 0.4) is 0 Å². The lowest BCUT2D eigenvalue weighted by atomic mass is 10.2. The van der Waals surface area contributed by atoms with E-state index in [0.29, 0.717) is 47.6 Å². The molecule has 0 bridgehead atoms. The number of benzene rings is 1. The topological polar surface area (TPSA) is 75.9 Å². The quantitative estimate of drug-likeness (QED) is 0.645. The molecule has 0 N–H and O–H groups in total. The number of ether oxygens (including phenoxy) is 1. The van der Waals surface area contributed by atoms with E-state index in [0.717, 1.165) is 5.82 Å². The summed E-state index contributed by atoms with van der Waals surface area (Å²) in [6.07, 6.45) is 0.927. The summed E-state index contributed by atoms with van der Waals surface area (Å²) >= 11 is 12.0. The highest BCUT2D eigenvalue weighted by Crippen LogP contribution is 2.28. The van der Waals surface area contributed by atoms with Crippen LogP contribution in [0, 0.1) is 0 Å². The van der Waals surface area contributed by atoms with Gasteiger partial charge in [0.15, 0.2) is 11.8 Å². The Morgan fingerprint density at radius 3 is 2.68 bits per heavy atom. The van der Waals surface area contributed by atoms with Crippen LogP contribution in [0.1, 0.15) is 6.92 Å². The minimum Gasteiger partial charge on any atom is -0.479 e. The molecular weight excluding hydrogens is 403 g/mol. The normalized spacial score (nSPS) is 15.7. The van der Waals surface area contributed by atoms with E-state index in [2.05, 4.69) is 20.2 Å². The zero-order valence-corrected chi connectivity index (χ0v) is 16.6. The highest BCUT2D eigenvalue weighted by molar-refractivity contribution is 6.35. The summed E-state index contributed by atoms with van der Waals surface area (Å²) in [7, 11) is 0. The summed E-state index contributed by atoms with van der Waals surface area (Å²) in [6.45, 7) is 4.26. The summed E-state index contributed by atoms with van der Waals surface area (Å²) in [4.78, 5) is 16.7. The van der Waals surface area contributed by atoms with Gasteiger partial charge in [0.25, 0.3) is 5.91 Å². The van der Waals surface area contributed by atoms with Crippen molar-refractivity contribution >= 4 is 40.6 Å². The molecule has 4 rings (SSSR count). The number of fused-ring (bicyclic) bond motifs is 1. The van der Waals surface area contributed by atoms with Crippen LogP contribution < -0.4 is 9.64 Å².